The molecule has 1 amide bonds. The van der Waals surface area contributed by atoms with E-state index in [9.17, 15) is 14.4 Å². The van der Waals surface area contributed by atoms with Gasteiger partial charge in [0.2, 0.25) is 5.91 Å². The Labute approximate surface area is 99.5 Å². The van der Waals surface area contributed by atoms with Crippen molar-refractivity contribution >= 4 is 17.8 Å². The number of carbonyl (C=O) groups excluding carboxylic acids is 2. The number of piperidine rings is 1. The lowest BCUT2D eigenvalue weighted by Gasteiger charge is -2.33. The van der Waals surface area contributed by atoms with Crippen molar-refractivity contribution in [2.75, 3.05) is 13.7 Å². The summed E-state index contributed by atoms with van der Waals surface area (Å²) in [4.78, 5) is 35.1. The number of carbonyl (C=O) groups is 3. The highest BCUT2D eigenvalue weighted by Crippen LogP contribution is 2.19. The monoisotopic (exact) mass is 243 g/mol. The lowest BCUT2D eigenvalue weighted by molar-refractivity contribution is -0.155. The Bertz CT molecular complexity index is 315. The summed E-state index contributed by atoms with van der Waals surface area (Å²) in [5.74, 6) is -1.72. The molecule has 17 heavy (non-hydrogen) atoms. The topological polar surface area (TPSA) is 83.9 Å². The lowest BCUT2D eigenvalue weighted by Crippen LogP contribution is -2.48. The van der Waals surface area contributed by atoms with Crippen LogP contribution in [-0.2, 0) is 19.1 Å². The summed E-state index contributed by atoms with van der Waals surface area (Å²) in [7, 11) is 1.29. The number of ether oxygens (including phenoxy) is 1. The van der Waals surface area contributed by atoms with Crippen LogP contribution in [-0.4, -0.2) is 47.5 Å². The van der Waals surface area contributed by atoms with Crippen LogP contribution in [0.4, 0.5) is 0 Å². The molecule has 0 radical (unpaired) electrons. The fourth-order valence-electron chi connectivity index (χ4n) is 1.97. The Morgan fingerprint density at radius 3 is 2.59 bits per heavy atom. The van der Waals surface area contributed by atoms with Gasteiger partial charge in [0.1, 0.15) is 6.04 Å². The molecular formula is C11H17NO5. The van der Waals surface area contributed by atoms with Gasteiger partial charge in [-0.3, -0.25) is 9.59 Å². The molecule has 1 fully saturated rings. The van der Waals surface area contributed by atoms with Crippen LogP contribution in [0.15, 0.2) is 0 Å². The number of carboxylic acids is 1. The number of carboxylic acid groups (broad SMARTS) is 1. The zero-order valence-corrected chi connectivity index (χ0v) is 9.85. The van der Waals surface area contributed by atoms with Crippen molar-refractivity contribution in [1.29, 1.82) is 0 Å². The van der Waals surface area contributed by atoms with E-state index in [1.54, 1.807) is 0 Å². The maximum Gasteiger partial charge on any atom is 0.328 e. The standard InChI is InChI=1S/C11H17NO5/c1-17-11(16)8-4-2-3-7-12(8)9(13)5-6-10(14)15/h8H,2-7H2,1H3,(H,14,15). The first-order valence-corrected chi connectivity index (χ1v) is 5.65. The van der Waals surface area contributed by atoms with Gasteiger partial charge in [-0.1, -0.05) is 0 Å². The molecule has 6 heteroatoms. The van der Waals surface area contributed by atoms with Crippen LogP contribution in [0.1, 0.15) is 32.1 Å². The van der Waals surface area contributed by atoms with Gasteiger partial charge in [-0.05, 0) is 19.3 Å². The molecule has 0 spiro atoms. The van der Waals surface area contributed by atoms with E-state index in [2.05, 4.69) is 4.74 Å². The Morgan fingerprint density at radius 1 is 1.29 bits per heavy atom. The summed E-state index contributed by atoms with van der Waals surface area (Å²) < 4.78 is 4.65. The highest BCUT2D eigenvalue weighted by molar-refractivity contribution is 5.86. The molecule has 0 saturated carbocycles. The summed E-state index contributed by atoms with van der Waals surface area (Å²) in [5, 5.41) is 8.52. The van der Waals surface area contributed by atoms with Crippen LogP contribution in [0, 0.1) is 0 Å². The van der Waals surface area contributed by atoms with E-state index < -0.39 is 18.0 Å². The third-order valence-electron chi connectivity index (χ3n) is 2.85. The van der Waals surface area contributed by atoms with Crippen molar-refractivity contribution in [2.24, 2.45) is 0 Å². The smallest absolute Gasteiger partial charge is 0.328 e. The molecule has 96 valence electrons. The predicted octanol–water partition coefficient (Wildman–Crippen LogP) is 0.405. The van der Waals surface area contributed by atoms with E-state index in [0.29, 0.717) is 13.0 Å². The van der Waals surface area contributed by atoms with Crippen LogP contribution in [0.25, 0.3) is 0 Å². The summed E-state index contributed by atoms with van der Waals surface area (Å²) in [5.41, 5.74) is 0. The maximum atomic E-state index is 11.8. The van der Waals surface area contributed by atoms with Crippen LogP contribution in [0.5, 0.6) is 0 Å². The molecule has 1 rings (SSSR count). The minimum absolute atomic E-state index is 0.0666. The molecule has 1 N–H and O–H groups in total. The molecule has 1 heterocycles. The number of likely N-dealkylation sites (tertiary alicyclic amines) is 1. The second-order valence-corrected chi connectivity index (χ2v) is 4.02. The molecule has 0 aromatic carbocycles. The van der Waals surface area contributed by atoms with Gasteiger partial charge in [0, 0.05) is 13.0 Å². The number of nitrogens with zero attached hydrogens (tertiary/aromatic N) is 1. The summed E-state index contributed by atoms with van der Waals surface area (Å²) >= 11 is 0. The van der Waals surface area contributed by atoms with Gasteiger partial charge in [0.05, 0.1) is 13.5 Å². The van der Waals surface area contributed by atoms with Crippen molar-refractivity contribution in [3.8, 4) is 0 Å². The predicted molar refractivity (Wildman–Crippen MR) is 58.2 cm³/mol. The zero-order valence-electron chi connectivity index (χ0n) is 9.85. The highest BCUT2D eigenvalue weighted by Gasteiger charge is 2.32. The number of aliphatic carboxylic acids is 1. The van der Waals surface area contributed by atoms with Crippen LogP contribution in [0.2, 0.25) is 0 Å². The molecular weight excluding hydrogens is 226 g/mol. The van der Waals surface area contributed by atoms with Crippen LogP contribution >= 0.6 is 0 Å². The summed E-state index contributed by atoms with van der Waals surface area (Å²) in [6.07, 6.45) is 2.03. The largest absolute Gasteiger partial charge is 0.481 e. The summed E-state index contributed by atoms with van der Waals surface area (Å²) in [6.45, 7) is 0.498. The Balaban J connectivity index is 2.60. The zero-order chi connectivity index (χ0) is 12.8. The number of amides is 1. The van der Waals surface area contributed by atoms with Gasteiger partial charge >= 0.3 is 11.9 Å². The maximum absolute atomic E-state index is 11.8. The third kappa shape index (κ3) is 3.72. The van der Waals surface area contributed by atoms with Crippen LogP contribution in [0.3, 0.4) is 0 Å². The van der Waals surface area contributed by atoms with Crippen molar-refractivity contribution < 1.29 is 24.2 Å². The van der Waals surface area contributed by atoms with Crippen molar-refractivity contribution in [2.45, 2.75) is 38.1 Å². The Morgan fingerprint density at radius 2 is 2.00 bits per heavy atom. The summed E-state index contributed by atoms with van der Waals surface area (Å²) in [6, 6.07) is -0.546. The van der Waals surface area contributed by atoms with Crippen molar-refractivity contribution in [3.63, 3.8) is 0 Å². The van der Waals surface area contributed by atoms with Gasteiger partial charge in [-0.25, -0.2) is 4.79 Å². The molecule has 1 unspecified atom stereocenters. The van der Waals surface area contributed by atoms with E-state index in [1.807, 2.05) is 0 Å². The molecule has 0 aromatic rings. The molecule has 0 bridgehead atoms. The molecule has 1 saturated heterocycles. The van der Waals surface area contributed by atoms with E-state index in [-0.39, 0.29) is 18.7 Å². The quantitative estimate of drug-likeness (QED) is 0.723. The number of rotatable bonds is 4. The minimum atomic E-state index is -1.01. The second-order valence-electron chi connectivity index (χ2n) is 4.02. The van der Waals surface area contributed by atoms with E-state index >= 15 is 0 Å². The molecule has 1 aliphatic rings. The molecule has 1 aliphatic heterocycles. The van der Waals surface area contributed by atoms with E-state index in [0.717, 1.165) is 12.8 Å². The number of esters is 1. The lowest BCUT2D eigenvalue weighted by atomic mass is 10.0. The minimum Gasteiger partial charge on any atom is -0.481 e. The van der Waals surface area contributed by atoms with Crippen molar-refractivity contribution in [3.05, 3.63) is 0 Å². The van der Waals surface area contributed by atoms with Crippen LogP contribution < -0.4 is 0 Å². The SMILES string of the molecule is COC(=O)C1CCCCN1C(=O)CCC(=O)O. The fourth-order valence-corrected chi connectivity index (χ4v) is 1.97. The second kappa shape index (κ2) is 6.22. The van der Waals surface area contributed by atoms with Crippen molar-refractivity contribution in [1.82, 2.24) is 4.90 Å². The third-order valence-corrected chi connectivity index (χ3v) is 2.85. The fraction of sp³-hybridized carbons (Fsp3) is 0.727. The van der Waals surface area contributed by atoms with Gasteiger partial charge < -0.3 is 14.7 Å². The number of hydrogen-bond acceptors (Lipinski definition) is 4. The average Bonchev–Trinajstić information content (AvgIpc) is 2.34. The Kier molecular flexibility index (Phi) is 4.93. The average molecular weight is 243 g/mol. The van der Waals surface area contributed by atoms with Gasteiger partial charge in [0.25, 0.3) is 0 Å². The first-order chi connectivity index (χ1) is 8.06. The van der Waals surface area contributed by atoms with Gasteiger partial charge in [0.15, 0.2) is 0 Å². The molecule has 6 nitrogen and oxygen atoms in total. The normalized spacial score (nSPS) is 19.8. The van der Waals surface area contributed by atoms with E-state index in [1.165, 1.54) is 12.0 Å². The van der Waals surface area contributed by atoms with Gasteiger partial charge in [-0.2, -0.15) is 0 Å². The van der Waals surface area contributed by atoms with Gasteiger partial charge in [-0.15, -0.1) is 0 Å². The first-order valence-electron chi connectivity index (χ1n) is 5.65. The van der Waals surface area contributed by atoms with E-state index in [4.69, 9.17) is 5.11 Å². The number of hydrogen-bond donors (Lipinski definition) is 1. The number of methoxy groups -OCH3 is 1. The molecule has 0 aliphatic carbocycles. The Hall–Kier alpha value is -1.59. The molecule has 1 atom stereocenters. The highest BCUT2D eigenvalue weighted by atomic mass is 16.5. The molecule has 0 aromatic heterocycles. The first kappa shape index (κ1) is 13.5.